The molecule has 1 heterocycles. The summed E-state index contributed by atoms with van der Waals surface area (Å²) in [6.45, 7) is 2.84. The molecule has 0 radical (unpaired) electrons. The predicted molar refractivity (Wildman–Crippen MR) is 54.4 cm³/mol. The third-order valence-corrected chi connectivity index (χ3v) is 2.41. The quantitative estimate of drug-likeness (QED) is 0.684. The van der Waals surface area contributed by atoms with Gasteiger partial charge in [0.2, 0.25) is 5.13 Å². The molecule has 0 saturated heterocycles. The third kappa shape index (κ3) is 3.29. The minimum atomic E-state index is -0.177. The summed E-state index contributed by atoms with van der Waals surface area (Å²) in [6.07, 6.45) is 1.88. The molecule has 0 aliphatic heterocycles. The van der Waals surface area contributed by atoms with Gasteiger partial charge in [-0.1, -0.05) is 0 Å². The minimum absolute atomic E-state index is 0.177. The van der Waals surface area contributed by atoms with Crippen molar-refractivity contribution < 1.29 is 9.53 Å². The van der Waals surface area contributed by atoms with E-state index in [1.165, 1.54) is 17.9 Å². The fourth-order valence-electron chi connectivity index (χ4n) is 0.923. The first-order valence-electron chi connectivity index (χ1n) is 4.37. The first-order chi connectivity index (χ1) is 6.74. The van der Waals surface area contributed by atoms with Crippen molar-refractivity contribution in [3.8, 4) is 0 Å². The molecule has 78 valence electrons. The molecule has 1 aromatic rings. The van der Waals surface area contributed by atoms with E-state index < -0.39 is 0 Å². The number of hydrogen-bond acceptors (Lipinski definition) is 6. The molecular weight excluding hydrogens is 202 g/mol. The Morgan fingerprint density at radius 3 is 3.07 bits per heavy atom. The van der Waals surface area contributed by atoms with Crippen LogP contribution in [0.1, 0.15) is 13.3 Å². The Labute approximate surface area is 86.9 Å². The Bertz CT molecular complexity index is 276. The Morgan fingerprint density at radius 1 is 1.71 bits per heavy atom. The van der Waals surface area contributed by atoms with Crippen LogP contribution in [-0.2, 0) is 9.53 Å². The SMILES string of the molecule is CCOC(=O)CCN(C)c1ncns1. The van der Waals surface area contributed by atoms with Crippen molar-refractivity contribution in [2.24, 2.45) is 0 Å². The second-order valence-electron chi connectivity index (χ2n) is 2.70. The first kappa shape index (κ1) is 10.9. The summed E-state index contributed by atoms with van der Waals surface area (Å²) in [4.78, 5) is 16.9. The van der Waals surface area contributed by atoms with Gasteiger partial charge in [0.15, 0.2) is 0 Å². The third-order valence-electron chi connectivity index (χ3n) is 1.63. The molecule has 6 heteroatoms. The Balaban J connectivity index is 2.28. The van der Waals surface area contributed by atoms with E-state index in [4.69, 9.17) is 4.74 Å². The van der Waals surface area contributed by atoms with Crippen LogP contribution in [0.25, 0.3) is 0 Å². The highest BCUT2D eigenvalue weighted by Crippen LogP contribution is 2.12. The van der Waals surface area contributed by atoms with Crippen LogP contribution in [0.3, 0.4) is 0 Å². The molecule has 0 amide bonds. The second-order valence-corrected chi connectivity index (χ2v) is 3.46. The van der Waals surface area contributed by atoms with Crippen molar-refractivity contribution in [2.75, 3.05) is 25.1 Å². The molecule has 14 heavy (non-hydrogen) atoms. The molecule has 1 rings (SSSR count). The maximum absolute atomic E-state index is 11.0. The average Bonchev–Trinajstić information content (AvgIpc) is 2.67. The van der Waals surface area contributed by atoms with Gasteiger partial charge in [0.1, 0.15) is 6.33 Å². The summed E-state index contributed by atoms with van der Waals surface area (Å²) in [5.41, 5.74) is 0. The smallest absolute Gasteiger partial charge is 0.307 e. The maximum atomic E-state index is 11.0. The number of aromatic nitrogens is 2. The van der Waals surface area contributed by atoms with Gasteiger partial charge >= 0.3 is 5.97 Å². The Hall–Kier alpha value is -1.17. The molecule has 0 atom stereocenters. The Morgan fingerprint density at radius 2 is 2.50 bits per heavy atom. The highest BCUT2D eigenvalue weighted by molar-refractivity contribution is 7.09. The van der Waals surface area contributed by atoms with Crippen molar-refractivity contribution in [1.82, 2.24) is 9.36 Å². The predicted octanol–water partition coefficient (Wildman–Crippen LogP) is 0.928. The zero-order chi connectivity index (χ0) is 10.4. The highest BCUT2D eigenvalue weighted by Gasteiger charge is 2.07. The molecule has 0 saturated carbocycles. The minimum Gasteiger partial charge on any atom is -0.466 e. The van der Waals surface area contributed by atoms with Gasteiger partial charge in [-0.2, -0.15) is 4.37 Å². The zero-order valence-electron chi connectivity index (χ0n) is 8.27. The molecule has 0 fully saturated rings. The standard InChI is InChI=1S/C8H13N3O2S/c1-3-13-7(12)4-5-11(2)8-9-6-10-14-8/h6H,3-5H2,1-2H3. The van der Waals surface area contributed by atoms with Gasteiger partial charge in [-0.05, 0) is 6.92 Å². The molecule has 0 unspecified atom stereocenters. The van der Waals surface area contributed by atoms with E-state index >= 15 is 0 Å². The summed E-state index contributed by atoms with van der Waals surface area (Å²) in [5, 5.41) is 0.814. The average molecular weight is 215 g/mol. The molecule has 0 aromatic carbocycles. The van der Waals surface area contributed by atoms with Crippen molar-refractivity contribution in [3.05, 3.63) is 6.33 Å². The van der Waals surface area contributed by atoms with E-state index in [1.54, 1.807) is 6.92 Å². The van der Waals surface area contributed by atoms with E-state index in [0.717, 1.165) is 5.13 Å². The van der Waals surface area contributed by atoms with Gasteiger partial charge in [0.05, 0.1) is 13.0 Å². The lowest BCUT2D eigenvalue weighted by molar-refractivity contribution is -0.142. The van der Waals surface area contributed by atoms with Gasteiger partial charge in [0.25, 0.3) is 0 Å². The molecule has 0 N–H and O–H groups in total. The number of nitrogens with zero attached hydrogens (tertiary/aromatic N) is 3. The molecule has 0 aliphatic rings. The van der Waals surface area contributed by atoms with E-state index in [9.17, 15) is 4.79 Å². The number of anilines is 1. The van der Waals surface area contributed by atoms with Gasteiger partial charge in [-0.15, -0.1) is 0 Å². The van der Waals surface area contributed by atoms with Crippen molar-refractivity contribution in [3.63, 3.8) is 0 Å². The number of hydrogen-bond donors (Lipinski definition) is 0. The van der Waals surface area contributed by atoms with Crippen LogP contribution < -0.4 is 4.90 Å². The fourth-order valence-corrected chi connectivity index (χ4v) is 1.44. The van der Waals surface area contributed by atoms with Gasteiger partial charge in [0, 0.05) is 25.1 Å². The highest BCUT2D eigenvalue weighted by atomic mass is 32.1. The van der Waals surface area contributed by atoms with Crippen LogP contribution in [0.5, 0.6) is 0 Å². The molecule has 0 spiro atoms. The summed E-state index contributed by atoms with van der Waals surface area (Å²) >= 11 is 1.31. The van der Waals surface area contributed by atoms with Crippen LogP contribution in [0, 0.1) is 0 Å². The van der Waals surface area contributed by atoms with Crippen LogP contribution in [0.15, 0.2) is 6.33 Å². The van der Waals surface area contributed by atoms with E-state index in [-0.39, 0.29) is 5.97 Å². The van der Waals surface area contributed by atoms with E-state index in [2.05, 4.69) is 9.36 Å². The lowest BCUT2D eigenvalue weighted by Gasteiger charge is -2.13. The monoisotopic (exact) mass is 215 g/mol. The van der Waals surface area contributed by atoms with Crippen LogP contribution >= 0.6 is 11.5 Å². The maximum Gasteiger partial charge on any atom is 0.307 e. The number of ether oxygens (including phenoxy) is 1. The van der Waals surface area contributed by atoms with Crippen LogP contribution in [-0.4, -0.2) is 35.5 Å². The molecular formula is C8H13N3O2S. The lowest BCUT2D eigenvalue weighted by Crippen LogP contribution is -2.21. The number of carbonyl (C=O) groups is 1. The normalized spacial score (nSPS) is 9.86. The lowest BCUT2D eigenvalue weighted by atomic mass is 10.4. The second kappa shape index (κ2) is 5.54. The van der Waals surface area contributed by atoms with Crippen molar-refractivity contribution in [2.45, 2.75) is 13.3 Å². The van der Waals surface area contributed by atoms with Gasteiger partial charge in [-0.3, -0.25) is 4.79 Å². The van der Waals surface area contributed by atoms with E-state index in [1.807, 2.05) is 11.9 Å². The molecule has 1 aromatic heterocycles. The van der Waals surface area contributed by atoms with Crippen LogP contribution in [0.4, 0.5) is 5.13 Å². The molecule has 0 bridgehead atoms. The Kier molecular flexibility index (Phi) is 4.31. The topological polar surface area (TPSA) is 55.3 Å². The largest absolute Gasteiger partial charge is 0.466 e. The summed E-state index contributed by atoms with van der Waals surface area (Å²) in [5.74, 6) is -0.177. The van der Waals surface area contributed by atoms with Crippen molar-refractivity contribution >= 4 is 22.6 Å². The number of esters is 1. The summed E-state index contributed by atoms with van der Waals surface area (Å²) in [7, 11) is 1.87. The zero-order valence-corrected chi connectivity index (χ0v) is 9.08. The van der Waals surface area contributed by atoms with Gasteiger partial charge in [-0.25, -0.2) is 4.98 Å². The summed E-state index contributed by atoms with van der Waals surface area (Å²) in [6, 6.07) is 0. The molecule has 0 aliphatic carbocycles. The first-order valence-corrected chi connectivity index (χ1v) is 5.14. The van der Waals surface area contributed by atoms with Crippen LogP contribution in [0.2, 0.25) is 0 Å². The molecule has 5 nitrogen and oxygen atoms in total. The van der Waals surface area contributed by atoms with E-state index in [0.29, 0.717) is 19.6 Å². The fraction of sp³-hybridized carbons (Fsp3) is 0.625. The summed E-state index contributed by atoms with van der Waals surface area (Å²) < 4.78 is 8.69. The van der Waals surface area contributed by atoms with Crippen molar-refractivity contribution in [1.29, 1.82) is 0 Å². The number of rotatable bonds is 5. The number of carbonyl (C=O) groups excluding carboxylic acids is 1. The van der Waals surface area contributed by atoms with Gasteiger partial charge < -0.3 is 9.64 Å².